The molecule has 50 heavy (non-hydrogen) atoms. The third kappa shape index (κ3) is 11.9. The molecule has 0 fully saturated rings. The van der Waals surface area contributed by atoms with Gasteiger partial charge in [0.15, 0.2) is 6.61 Å². The fraction of sp³-hybridized carbons (Fsp3) is 0.389. The third-order valence-electron chi connectivity index (χ3n) is 7.60. The smallest absolute Gasteiger partial charge is 0.411 e. The molecule has 2 aromatic rings. The van der Waals surface area contributed by atoms with Crippen molar-refractivity contribution < 1.29 is 57.6 Å². The largest absolute Gasteiger partial charge is 0.481 e. The van der Waals surface area contributed by atoms with E-state index >= 15 is 0 Å². The molecule has 2 amide bonds. The average Bonchev–Trinajstić information content (AvgIpc) is 3.07. The van der Waals surface area contributed by atoms with E-state index in [2.05, 4.69) is 17.2 Å². The first-order valence-electron chi connectivity index (χ1n) is 15.7. The molecule has 4 unspecified atom stereocenters. The summed E-state index contributed by atoms with van der Waals surface area (Å²) < 4.78 is 26.4. The molecule has 0 bridgehead atoms. The second kappa shape index (κ2) is 18.3. The number of carbonyl (C=O) groups is 6. The maximum atomic E-state index is 13.4. The quantitative estimate of drug-likeness (QED) is 0.0726. The molecule has 0 saturated carbocycles. The normalized spacial score (nSPS) is 16.9. The molecule has 4 atom stereocenters. The summed E-state index contributed by atoms with van der Waals surface area (Å²) in [6, 6.07) is 14.5. The number of amides is 2. The molecular weight excluding hydrogens is 652 g/mol. The number of carboxylic acid groups (broad SMARTS) is 1. The zero-order valence-corrected chi connectivity index (χ0v) is 28.4. The van der Waals surface area contributed by atoms with Crippen molar-refractivity contribution in [3.05, 3.63) is 84.0 Å². The number of hydrogen-bond donors (Lipinski definition) is 3. The zero-order chi connectivity index (χ0) is 36.8. The fourth-order valence-electron chi connectivity index (χ4n) is 4.89. The van der Waals surface area contributed by atoms with Crippen LogP contribution in [-0.4, -0.2) is 74.2 Å². The van der Waals surface area contributed by atoms with Crippen LogP contribution in [0.3, 0.4) is 0 Å². The number of rotatable bonds is 16. The van der Waals surface area contributed by atoms with Gasteiger partial charge in [-0.05, 0) is 68.5 Å². The number of methoxy groups -OCH3 is 1. The first-order valence-corrected chi connectivity index (χ1v) is 15.7. The van der Waals surface area contributed by atoms with E-state index in [4.69, 9.17) is 23.7 Å². The highest BCUT2D eigenvalue weighted by Crippen LogP contribution is 2.28. The summed E-state index contributed by atoms with van der Waals surface area (Å²) in [4.78, 5) is 74.1. The Kier molecular flexibility index (Phi) is 14.3. The Morgan fingerprint density at radius 1 is 0.840 bits per heavy atom. The number of allylic oxidation sites excluding steroid dienone is 2. The Balaban J connectivity index is 1.62. The third-order valence-corrected chi connectivity index (χ3v) is 7.60. The van der Waals surface area contributed by atoms with Gasteiger partial charge in [0, 0.05) is 31.0 Å². The van der Waals surface area contributed by atoms with Crippen LogP contribution in [0, 0.1) is 17.3 Å². The van der Waals surface area contributed by atoms with E-state index in [1.807, 2.05) is 36.4 Å². The molecule has 1 aliphatic rings. The van der Waals surface area contributed by atoms with Gasteiger partial charge in [-0.15, -0.1) is 0 Å². The summed E-state index contributed by atoms with van der Waals surface area (Å²) in [6.45, 7) is 6.21. The number of anilines is 2. The van der Waals surface area contributed by atoms with Crippen LogP contribution in [0.4, 0.5) is 16.2 Å². The van der Waals surface area contributed by atoms with Gasteiger partial charge in [0.05, 0.1) is 18.4 Å². The van der Waals surface area contributed by atoms with Crippen molar-refractivity contribution in [3.63, 3.8) is 0 Å². The summed E-state index contributed by atoms with van der Waals surface area (Å²) in [6.07, 6.45) is 1.48. The van der Waals surface area contributed by atoms with Gasteiger partial charge in [0.2, 0.25) is 5.91 Å². The standard InChI is InChI=1S/C36H42N2O12/c1-22(2)32(42)47-19-30(49-33(43)29-9-7-6-8-28(29)31(40)41)50-34(44)36(4,20-46-5)21-48-35(45)38-27-16-12-25(13-17-27)18-24-10-14-26(15-11-24)37-23(3)39/h6-7,10-17,28-30H,1,8-9,18-21H2,2-5H3,(H,37,39)(H,38,45)(H,40,41). The highest BCUT2D eigenvalue weighted by atomic mass is 16.7. The minimum Gasteiger partial charge on any atom is -0.481 e. The lowest BCUT2D eigenvalue weighted by Crippen LogP contribution is -2.44. The van der Waals surface area contributed by atoms with E-state index in [1.165, 1.54) is 27.9 Å². The van der Waals surface area contributed by atoms with Crippen molar-refractivity contribution in [1.82, 2.24) is 0 Å². The van der Waals surface area contributed by atoms with Gasteiger partial charge in [-0.1, -0.05) is 43.0 Å². The Morgan fingerprint density at radius 3 is 1.92 bits per heavy atom. The molecule has 3 rings (SSSR count). The number of esters is 3. The molecular formula is C36H42N2O12. The molecule has 0 aliphatic heterocycles. The van der Waals surface area contributed by atoms with Crippen LogP contribution < -0.4 is 10.6 Å². The topological polar surface area (TPSA) is 193 Å². The number of hydrogen-bond acceptors (Lipinski definition) is 11. The second-order valence-corrected chi connectivity index (χ2v) is 12.1. The van der Waals surface area contributed by atoms with Gasteiger partial charge in [-0.2, -0.15) is 0 Å². The van der Waals surface area contributed by atoms with E-state index in [9.17, 15) is 33.9 Å². The molecule has 0 aromatic heterocycles. The first-order chi connectivity index (χ1) is 23.7. The zero-order valence-electron chi connectivity index (χ0n) is 28.4. The Bertz CT molecular complexity index is 1580. The van der Waals surface area contributed by atoms with Crippen molar-refractivity contribution in [2.75, 3.05) is 37.6 Å². The highest BCUT2D eigenvalue weighted by Gasteiger charge is 2.41. The summed E-state index contributed by atoms with van der Waals surface area (Å²) in [5.74, 6) is -6.27. The van der Waals surface area contributed by atoms with Crippen LogP contribution in [0.25, 0.3) is 0 Å². The molecule has 3 N–H and O–H groups in total. The van der Waals surface area contributed by atoms with Crippen LogP contribution in [-0.2, 0) is 54.1 Å². The molecule has 0 saturated heterocycles. The summed E-state index contributed by atoms with van der Waals surface area (Å²) in [7, 11) is 1.32. The lowest BCUT2D eigenvalue weighted by atomic mass is 9.83. The lowest BCUT2D eigenvalue weighted by molar-refractivity contribution is -0.211. The monoisotopic (exact) mass is 694 g/mol. The maximum absolute atomic E-state index is 13.4. The van der Waals surface area contributed by atoms with Crippen molar-refractivity contribution in [2.45, 2.75) is 46.3 Å². The van der Waals surface area contributed by atoms with E-state index in [1.54, 1.807) is 24.3 Å². The maximum Gasteiger partial charge on any atom is 0.411 e. The SMILES string of the molecule is C=C(C)C(=O)OCC(OC(=O)C1CC=CCC1C(=O)O)OC(=O)C(C)(COC)COC(=O)Nc1ccc(Cc2ccc(NC(C)=O)cc2)cc1. The molecule has 0 heterocycles. The molecule has 0 radical (unpaired) electrons. The molecule has 0 spiro atoms. The number of aliphatic carboxylic acids is 1. The number of ether oxygens (including phenoxy) is 5. The Hall–Kier alpha value is -5.50. The number of carboxylic acids is 1. The molecule has 14 heteroatoms. The lowest BCUT2D eigenvalue weighted by Gasteiger charge is -2.30. The first kappa shape index (κ1) is 38.9. The van der Waals surface area contributed by atoms with Crippen LogP contribution in [0.2, 0.25) is 0 Å². The minimum absolute atomic E-state index is 0.0394. The summed E-state index contributed by atoms with van der Waals surface area (Å²) in [5.41, 5.74) is 1.55. The molecule has 1 aliphatic carbocycles. The van der Waals surface area contributed by atoms with Crippen molar-refractivity contribution in [3.8, 4) is 0 Å². The minimum atomic E-state index is -1.75. The Morgan fingerprint density at radius 2 is 1.40 bits per heavy atom. The van der Waals surface area contributed by atoms with Gasteiger partial charge < -0.3 is 34.1 Å². The molecule has 268 valence electrons. The van der Waals surface area contributed by atoms with Gasteiger partial charge in [-0.3, -0.25) is 24.5 Å². The van der Waals surface area contributed by atoms with Crippen LogP contribution in [0.5, 0.6) is 0 Å². The van der Waals surface area contributed by atoms with Crippen LogP contribution in [0.1, 0.15) is 44.7 Å². The van der Waals surface area contributed by atoms with Gasteiger partial charge >= 0.3 is 30.0 Å². The highest BCUT2D eigenvalue weighted by molar-refractivity contribution is 5.89. The van der Waals surface area contributed by atoms with Gasteiger partial charge in [0.1, 0.15) is 12.0 Å². The van der Waals surface area contributed by atoms with Crippen molar-refractivity contribution in [2.24, 2.45) is 17.3 Å². The van der Waals surface area contributed by atoms with Crippen molar-refractivity contribution >= 4 is 47.3 Å². The summed E-state index contributed by atoms with van der Waals surface area (Å²) >= 11 is 0. The van der Waals surface area contributed by atoms with E-state index in [0.717, 1.165) is 11.1 Å². The van der Waals surface area contributed by atoms with Gasteiger partial charge in [-0.25, -0.2) is 9.59 Å². The Labute approximate surface area is 289 Å². The summed E-state index contributed by atoms with van der Waals surface area (Å²) in [5, 5.41) is 14.9. The van der Waals surface area contributed by atoms with E-state index in [-0.39, 0.29) is 30.9 Å². The van der Waals surface area contributed by atoms with Crippen molar-refractivity contribution in [1.29, 1.82) is 0 Å². The predicted molar refractivity (Wildman–Crippen MR) is 180 cm³/mol. The number of nitrogens with one attached hydrogen (secondary N) is 2. The van der Waals surface area contributed by atoms with Crippen LogP contribution in [0.15, 0.2) is 72.8 Å². The fourth-order valence-corrected chi connectivity index (χ4v) is 4.89. The second-order valence-electron chi connectivity index (χ2n) is 12.1. The van der Waals surface area contributed by atoms with Crippen LogP contribution >= 0.6 is 0 Å². The van der Waals surface area contributed by atoms with Gasteiger partial charge in [0.25, 0.3) is 6.29 Å². The predicted octanol–water partition coefficient (Wildman–Crippen LogP) is 4.64. The molecule has 14 nitrogen and oxygen atoms in total. The molecule has 2 aromatic carbocycles. The average molecular weight is 695 g/mol. The van der Waals surface area contributed by atoms with E-state index < -0.39 is 66.7 Å². The van der Waals surface area contributed by atoms with E-state index in [0.29, 0.717) is 17.8 Å². The number of carbonyl (C=O) groups excluding carboxylic acids is 5. The number of benzene rings is 2.